The standard InChI is InChI=1S/C19H23NO/c1-13-8-14(2)10-15(9-13)12-21-17-6-7-18-16(11-17)4-3-5-19(18)20/h6-11,19H,3-5,12,20H2,1-2H3. The van der Waals surface area contributed by atoms with Crippen LogP contribution < -0.4 is 10.5 Å². The van der Waals surface area contributed by atoms with Gasteiger partial charge >= 0.3 is 0 Å². The summed E-state index contributed by atoms with van der Waals surface area (Å²) < 4.78 is 5.96. The highest BCUT2D eigenvalue weighted by Gasteiger charge is 2.16. The van der Waals surface area contributed by atoms with Crippen LogP contribution in [-0.4, -0.2) is 0 Å². The number of hydrogen-bond acceptors (Lipinski definition) is 2. The topological polar surface area (TPSA) is 35.2 Å². The highest BCUT2D eigenvalue weighted by Crippen LogP contribution is 2.30. The second-order valence-corrected chi connectivity index (χ2v) is 6.14. The SMILES string of the molecule is Cc1cc(C)cc(COc2ccc3c(c2)CCCC3N)c1. The maximum absolute atomic E-state index is 6.15. The van der Waals surface area contributed by atoms with Crippen molar-refractivity contribution in [2.45, 2.75) is 45.8 Å². The largest absolute Gasteiger partial charge is 0.489 e. The highest BCUT2D eigenvalue weighted by atomic mass is 16.5. The summed E-state index contributed by atoms with van der Waals surface area (Å²) in [6.07, 6.45) is 3.38. The second kappa shape index (κ2) is 5.90. The zero-order chi connectivity index (χ0) is 14.8. The lowest BCUT2D eigenvalue weighted by Crippen LogP contribution is -2.17. The van der Waals surface area contributed by atoms with Gasteiger partial charge in [-0.25, -0.2) is 0 Å². The first-order chi connectivity index (χ1) is 10.1. The Morgan fingerprint density at radius 2 is 1.86 bits per heavy atom. The van der Waals surface area contributed by atoms with E-state index in [2.05, 4.69) is 44.2 Å². The van der Waals surface area contributed by atoms with Crippen molar-refractivity contribution in [3.8, 4) is 5.75 Å². The first kappa shape index (κ1) is 14.2. The van der Waals surface area contributed by atoms with Crippen molar-refractivity contribution in [3.63, 3.8) is 0 Å². The molecule has 0 spiro atoms. The molecule has 3 rings (SSSR count). The molecule has 21 heavy (non-hydrogen) atoms. The van der Waals surface area contributed by atoms with Gasteiger partial charge in [0.25, 0.3) is 0 Å². The van der Waals surface area contributed by atoms with Crippen LogP contribution in [0.4, 0.5) is 0 Å². The number of fused-ring (bicyclic) bond motifs is 1. The molecule has 1 unspecified atom stereocenters. The number of aryl methyl sites for hydroxylation is 3. The quantitative estimate of drug-likeness (QED) is 0.914. The number of nitrogens with two attached hydrogens (primary N) is 1. The van der Waals surface area contributed by atoms with Crippen LogP contribution >= 0.6 is 0 Å². The van der Waals surface area contributed by atoms with Gasteiger partial charge in [-0.05, 0) is 61.9 Å². The van der Waals surface area contributed by atoms with Gasteiger partial charge in [-0.1, -0.05) is 35.4 Å². The van der Waals surface area contributed by atoms with Crippen molar-refractivity contribution in [2.24, 2.45) is 5.73 Å². The van der Waals surface area contributed by atoms with E-state index in [0.717, 1.165) is 18.6 Å². The number of benzene rings is 2. The maximum atomic E-state index is 6.15. The monoisotopic (exact) mass is 281 g/mol. The van der Waals surface area contributed by atoms with E-state index in [1.54, 1.807) is 0 Å². The van der Waals surface area contributed by atoms with Gasteiger partial charge in [0.15, 0.2) is 0 Å². The van der Waals surface area contributed by atoms with E-state index in [1.165, 1.54) is 34.2 Å². The van der Waals surface area contributed by atoms with Crippen LogP contribution in [-0.2, 0) is 13.0 Å². The number of hydrogen-bond donors (Lipinski definition) is 1. The summed E-state index contributed by atoms with van der Waals surface area (Å²) >= 11 is 0. The first-order valence-corrected chi connectivity index (χ1v) is 7.70. The third kappa shape index (κ3) is 3.27. The minimum atomic E-state index is 0.197. The molecule has 2 nitrogen and oxygen atoms in total. The summed E-state index contributed by atoms with van der Waals surface area (Å²) in [5.74, 6) is 0.946. The first-order valence-electron chi connectivity index (χ1n) is 7.70. The Morgan fingerprint density at radius 3 is 2.62 bits per heavy atom. The van der Waals surface area contributed by atoms with E-state index < -0.39 is 0 Å². The van der Waals surface area contributed by atoms with Crippen LogP contribution in [0.2, 0.25) is 0 Å². The Bertz CT molecular complexity index is 628. The van der Waals surface area contributed by atoms with E-state index in [0.29, 0.717) is 6.61 Å². The fourth-order valence-electron chi connectivity index (χ4n) is 3.24. The molecule has 0 saturated heterocycles. The van der Waals surface area contributed by atoms with Crippen LogP contribution in [0.1, 0.15) is 46.7 Å². The minimum absolute atomic E-state index is 0.197. The third-order valence-corrected chi connectivity index (χ3v) is 4.16. The van der Waals surface area contributed by atoms with Crippen molar-refractivity contribution in [3.05, 3.63) is 64.2 Å². The summed E-state index contributed by atoms with van der Waals surface area (Å²) in [5, 5.41) is 0. The molecule has 0 fully saturated rings. The average molecular weight is 281 g/mol. The van der Waals surface area contributed by atoms with Crippen molar-refractivity contribution < 1.29 is 4.74 Å². The van der Waals surface area contributed by atoms with Gasteiger partial charge in [0.1, 0.15) is 12.4 Å². The molecule has 0 saturated carbocycles. The number of ether oxygens (including phenoxy) is 1. The minimum Gasteiger partial charge on any atom is -0.489 e. The van der Waals surface area contributed by atoms with Gasteiger partial charge in [0.05, 0.1) is 0 Å². The predicted molar refractivity (Wildman–Crippen MR) is 86.6 cm³/mol. The van der Waals surface area contributed by atoms with Crippen LogP contribution in [0.3, 0.4) is 0 Å². The van der Waals surface area contributed by atoms with Crippen molar-refractivity contribution in [2.75, 3.05) is 0 Å². The second-order valence-electron chi connectivity index (χ2n) is 6.14. The van der Waals surface area contributed by atoms with Crippen LogP contribution in [0.15, 0.2) is 36.4 Å². The van der Waals surface area contributed by atoms with E-state index >= 15 is 0 Å². The molecular weight excluding hydrogens is 258 g/mol. The molecule has 2 heteroatoms. The molecule has 1 aliphatic rings. The normalized spacial score (nSPS) is 17.4. The van der Waals surface area contributed by atoms with Gasteiger partial charge < -0.3 is 10.5 Å². The molecule has 0 aromatic heterocycles. The zero-order valence-electron chi connectivity index (χ0n) is 12.9. The van der Waals surface area contributed by atoms with E-state index in [-0.39, 0.29) is 6.04 Å². The van der Waals surface area contributed by atoms with Crippen molar-refractivity contribution in [1.29, 1.82) is 0 Å². The van der Waals surface area contributed by atoms with Crippen molar-refractivity contribution in [1.82, 2.24) is 0 Å². The lowest BCUT2D eigenvalue weighted by atomic mass is 9.88. The molecule has 1 aliphatic carbocycles. The number of rotatable bonds is 3. The molecule has 0 aliphatic heterocycles. The van der Waals surface area contributed by atoms with Gasteiger partial charge in [0.2, 0.25) is 0 Å². The third-order valence-electron chi connectivity index (χ3n) is 4.16. The molecule has 2 aromatic carbocycles. The molecule has 2 aromatic rings. The molecule has 2 N–H and O–H groups in total. The Labute approximate surface area is 126 Å². The van der Waals surface area contributed by atoms with Crippen LogP contribution in [0, 0.1) is 13.8 Å². The van der Waals surface area contributed by atoms with E-state index in [1.807, 2.05) is 6.07 Å². The summed E-state index contributed by atoms with van der Waals surface area (Å²) in [6, 6.07) is 13.1. The summed E-state index contributed by atoms with van der Waals surface area (Å²) in [5.41, 5.74) is 12.6. The van der Waals surface area contributed by atoms with E-state index in [9.17, 15) is 0 Å². The molecule has 110 valence electrons. The van der Waals surface area contributed by atoms with Crippen LogP contribution in [0.25, 0.3) is 0 Å². The highest BCUT2D eigenvalue weighted by molar-refractivity contribution is 5.39. The van der Waals surface area contributed by atoms with Crippen molar-refractivity contribution >= 4 is 0 Å². The van der Waals surface area contributed by atoms with Gasteiger partial charge in [-0.3, -0.25) is 0 Å². The van der Waals surface area contributed by atoms with Gasteiger partial charge in [-0.15, -0.1) is 0 Å². The molecule has 0 amide bonds. The van der Waals surface area contributed by atoms with Gasteiger partial charge in [0, 0.05) is 6.04 Å². The smallest absolute Gasteiger partial charge is 0.120 e. The van der Waals surface area contributed by atoms with Gasteiger partial charge in [-0.2, -0.15) is 0 Å². The molecular formula is C19H23NO. The summed E-state index contributed by atoms with van der Waals surface area (Å²) in [7, 11) is 0. The maximum Gasteiger partial charge on any atom is 0.120 e. The average Bonchev–Trinajstić information content (AvgIpc) is 2.44. The summed E-state index contributed by atoms with van der Waals surface area (Å²) in [6.45, 7) is 4.86. The summed E-state index contributed by atoms with van der Waals surface area (Å²) in [4.78, 5) is 0. The Hall–Kier alpha value is -1.80. The fourth-order valence-corrected chi connectivity index (χ4v) is 3.24. The molecule has 0 bridgehead atoms. The lowest BCUT2D eigenvalue weighted by molar-refractivity contribution is 0.305. The Balaban J connectivity index is 1.73. The lowest BCUT2D eigenvalue weighted by Gasteiger charge is -2.22. The zero-order valence-corrected chi connectivity index (χ0v) is 12.9. The predicted octanol–water partition coefficient (Wildman–Crippen LogP) is 4.22. The van der Waals surface area contributed by atoms with E-state index in [4.69, 9.17) is 10.5 Å². The molecule has 0 radical (unpaired) electrons. The Morgan fingerprint density at radius 1 is 1.10 bits per heavy atom. The fraction of sp³-hybridized carbons (Fsp3) is 0.368. The van der Waals surface area contributed by atoms with Crippen LogP contribution in [0.5, 0.6) is 5.75 Å². The Kier molecular flexibility index (Phi) is 3.98. The molecule has 1 atom stereocenters. The molecule has 0 heterocycles.